The summed E-state index contributed by atoms with van der Waals surface area (Å²) in [4.78, 5) is 15.0. The molecule has 0 aromatic heterocycles. The summed E-state index contributed by atoms with van der Waals surface area (Å²) in [5.74, 6) is 1.39. The van der Waals surface area contributed by atoms with Crippen molar-refractivity contribution in [3.63, 3.8) is 0 Å². The second-order valence-corrected chi connectivity index (χ2v) is 6.40. The first-order chi connectivity index (χ1) is 12.7. The molecule has 1 heterocycles. The molecule has 0 amide bonds. The van der Waals surface area contributed by atoms with E-state index in [1.54, 1.807) is 32.4 Å². The Balaban J connectivity index is 1.76. The molecule has 1 aliphatic heterocycles. The second-order valence-electron chi connectivity index (χ2n) is 6.40. The highest BCUT2D eigenvalue weighted by atomic mass is 16.5. The molecule has 2 aromatic carbocycles. The molecule has 0 N–H and O–H groups in total. The quantitative estimate of drug-likeness (QED) is 0.564. The van der Waals surface area contributed by atoms with Gasteiger partial charge in [-0.1, -0.05) is 12.1 Å². The van der Waals surface area contributed by atoms with Crippen molar-refractivity contribution in [2.45, 2.75) is 19.3 Å². The Morgan fingerprint density at radius 3 is 2.54 bits per heavy atom. The van der Waals surface area contributed by atoms with Crippen LogP contribution in [0.25, 0.3) is 6.08 Å². The number of nitrogens with zero attached hydrogens (tertiary/aromatic N) is 1. The van der Waals surface area contributed by atoms with Crippen LogP contribution in [0, 0.1) is 0 Å². The Labute approximate surface area is 155 Å². The van der Waals surface area contributed by atoms with Crippen LogP contribution in [0.4, 0.5) is 5.69 Å². The molecule has 4 nitrogen and oxygen atoms in total. The van der Waals surface area contributed by atoms with Gasteiger partial charge in [0.15, 0.2) is 5.78 Å². The minimum absolute atomic E-state index is 0.0123. The van der Waals surface area contributed by atoms with Crippen LogP contribution in [0.2, 0.25) is 0 Å². The summed E-state index contributed by atoms with van der Waals surface area (Å²) < 4.78 is 10.6. The van der Waals surface area contributed by atoms with Crippen molar-refractivity contribution in [3.8, 4) is 11.5 Å². The van der Waals surface area contributed by atoms with Crippen LogP contribution in [-0.4, -0.2) is 33.1 Å². The van der Waals surface area contributed by atoms with E-state index in [9.17, 15) is 4.79 Å². The van der Waals surface area contributed by atoms with Crippen LogP contribution in [0.1, 0.15) is 35.2 Å². The fourth-order valence-electron chi connectivity index (χ4n) is 3.23. The molecule has 0 spiro atoms. The molecule has 0 bridgehead atoms. The monoisotopic (exact) mass is 351 g/mol. The molecule has 136 valence electrons. The number of methoxy groups -OCH3 is 2. The Bertz CT molecular complexity index is 792. The molecule has 3 rings (SSSR count). The minimum Gasteiger partial charge on any atom is -0.497 e. The third kappa shape index (κ3) is 4.26. The van der Waals surface area contributed by atoms with E-state index in [1.807, 2.05) is 30.3 Å². The minimum atomic E-state index is -0.0123. The number of ketones is 1. The zero-order valence-corrected chi connectivity index (χ0v) is 15.4. The van der Waals surface area contributed by atoms with Crippen LogP contribution in [-0.2, 0) is 0 Å². The topological polar surface area (TPSA) is 38.8 Å². The van der Waals surface area contributed by atoms with E-state index < -0.39 is 0 Å². The summed E-state index contributed by atoms with van der Waals surface area (Å²) in [6.45, 7) is 2.13. The van der Waals surface area contributed by atoms with Crippen molar-refractivity contribution < 1.29 is 14.3 Å². The molecule has 0 atom stereocenters. The largest absolute Gasteiger partial charge is 0.497 e. The summed E-state index contributed by atoms with van der Waals surface area (Å²) in [5, 5.41) is 0. The maximum absolute atomic E-state index is 12.6. The summed E-state index contributed by atoms with van der Waals surface area (Å²) in [7, 11) is 3.22. The Morgan fingerprint density at radius 2 is 1.81 bits per heavy atom. The van der Waals surface area contributed by atoms with Crippen molar-refractivity contribution in [1.82, 2.24) is 0 Å². The van der Waals surface area contributed by atoms with Crippen LogP contribution in [0.15, 0.2) is 48.5 Å². The van der Waals surface area contributed by atoms with Crippen molar-refractivity contribution >= 4 is 17.5 Å². The van der Waals surface area contributed by atoms with Gasteiger partial charge in [0.05, 0.1) is 14.2 Å². The van der Waals surface area contributed by atoms with Crippen molar-refractivity contribution in [2.75, 3.05) is 32.2 Å². The van der Waals surface area contributed by atoms with Gasteiger partial charge in [0.2, 0.25) is 0 Å². The van der Waals surface area contributed by atoms with Crippen molar-refractivity contribution in [2.24, 2.45) is 0 Å². The lowest BCUT2D eigenvalue weighted by Gasteiger charge is -2.29. The number of hydrogen-bond donors (Lipinski definition) is 0. The summed E-state index contributed by atoms with van der Waals surface area (Å²) in [6.07, 6.45) is 7.11. The number of anilines is 1. The molecule has 1 saturated heterocycles. The molecule has 0 unspecified atom stereocenters. The van der Waals surface area contributed by atoms with Gasteiger partial charge in [0.1, 0.15) is 11.5 Å². The SMILES string of the molecule is COc1ccc(/C=C/C(=O)c2cccc(N3CCCCC3)c2)c(OC)c1. The van der Waals surface area contributed by atoms with E-state index in [4.69, 9.17) is 9.47 Å². The molecular formula is C22H25NO3. The van der Waals surface area contributed by atoms with Gasteiger partial charge in [-0.25, -0.2) is 0 Å². The van der Waals surface area contributed by atoms with Gasteiger partial charge in [-0.05, 0) is 55.7 Å². The summed E-state index contributed by atoms with van der Waals surface area (Å²) in [6, 6.07) is 13.4. The number of carbonyl (C=O) groups excluding carboxylic acids is 1. The first-order valence-corrected chi connectivity index (χ1v) is 9.01. The second kappa shape index (κ2) is 8.56. The van der Waals surface area contributed by atoms with E-state index in [2.05, 4.69) is 11.0 Å². The Kier molecular flexibility index (Phi) is 5.95. The molecular weight excluding hydrogens is 326 g/mol. The molecule has 4 heteroatoms. The lowest BCUT2D eigenvalue weighted by atomic mass is 10.1. The van der Waals surface area contributed by atoms with Gasteiger partial charge in [-0.3, -0.25) is 4.79 Å². The molecule has 0 aliphatic carbocycles. The zero-order chi connectivity index (χ0) is 18.4. The number of benzene rings is 2. The van der Waals surface area contributed by atoms with Crippen LogP contribution >= 0.6 is 0 Å². The molecule has 0 radical (unpaired) electrons. The average molecular weight is 351 g/mol. The molecule has 0 saturated carbocycles. The average Bonchev–Trinajstić information content (AvgIpc) is 2.72. The number of piperidine rings is 1. The van der Waals surface area contributed by atoms with Gasteiger partial charge in [-0.2, -0.15) is 0 Å². The number of carbonyl (C=O) groups is 1. The number of rotatable bonds is 6. The Morgan fingerprint density at radius 1 is 1.00 bits per heavy atom. The third-order valence-electron chi connectivity index (χ3n) is 4.71. The lowest BCUT2D eigenvalue weighted by molar-refractivity contribution is 0.104. The van der Waals surface area contributed by atoms with Gasteiger partial charge >= 0.3 is 0 Å². The van der Waals surface area contributed by atoms with E-state index in [1.165, 1.54) is 19.3 Å². The fraction of sp³-hybridized carbons (Fsp3) is 0.318. The maximum atomic E-state index is 12.6. The van der Waals surface area contributed by atoms with E-state index >= 15 is 0 Å². The molecule has 1 aliphatic rings. The zero-order valence-electron chi connectivity index (χ0n) is 15.4. The van der Waals surface area contributed by atoms with E-state index in [0.29, 0.717) is 11.3 Å². The first kappa shape index (κ1) is 18.1. The standard InChI is InChI=1S/C22H25NO3/c1-25-20-11-9-17(22(16-20)26-2)10-12-21(24)18-7-6-8-19(15-18)23-13-4-3-5-14-23/h6-12,15-16H,3-5,13-14H2,1-2H3/b12-10+. The maximum Gasteiger partial charge on any atom is 0.185 e. The van der Waals surface area contributed by atoms with E-state index in [-0.39, 0.29) is 5.78 Å². The van der Waals surface area contributed by atoms with Crippen LogP contribution in [0.5, 0.6) is 11.5 Å². The van der Waals surface area contributed by atoms with Gasteiger partial charge in [0, 0.05) is 36.0 Å². The van der Waals surface area contributed by atoms with Gasteiger partial charge in [-0.15, -0.1) is 0 Å². The predicted octanol–water partition coefficient (Wildman–Crippen LogP) is 4.59. The third-order valence-corrected chi connectivity index (χ3v) is 4.71. The molecule has 26 heavy (non-hydrogen) atoms. The van der Waals surface area contributed by atoms with Gasteiger partial charge < -0.3 is 14.4 Å². The molecule has 1 fully saturated rings. The van der Waals surface area contributed by atoms with Crippen LogP contribution < -0.4 is 14.4 Å². The number of hydrogen-bond acceptors (Lipinski definition) is 4. The lowest BCUT2D eigenvalue weighted by Crippen LogP contribution is -2.29. The van der Waals surface area contributed by atoms with Crippen molar-refractivity contribution in [1.29, 1.82) is 0 Å². The van der Waals surface area contributed by atoms with E-state index in [0.717, 1.165) is 30.1 Å². The van der Waals surface area contributed by atoms with Gasteiger partial charge in [0.25, 0.3) is 0 Å². The van der Waals surface area contributed by atoms with Crippen LogP contribution in [0.3, 0.4) is 0 Å². The smallest absolute Gasteiger partial charge is 0.185 e. The normalized spacial score (nSPS) is 14.5. The number of ether oxygens (including phenoxy) is 2. The highest BCUT2D eigenvalue weighted by Gasteiger charge is 2.12. The summed E-state index contributed by atoms with van der Waals surface area (Å²) in [5.41, 5.74) is 2.68. The highest BCUT2D eigenvalue weighted by molar-refractivity contribution is 6.07. The fourth-order valence-corrected chi connectivity index (χ4v) is 3.23. The van der Waals surface area contributed by atoms with Crippen molar-refractivity contribution in [3.05, 3.63) is 59.7 Å². The molecule has 2 aromatic rings. The summed E-state index contributed by atoms with van der Waals surface area (Å²) >= 11 is 0. The predicted molar refractivity (Wildman–Crippen MR) is 105 cm³/mol. The first-order valence-electron chi connectivity index (χ1n) is 9.01. The number of allylic oxidation sites excluding steroid dienone is 1. The highest BCUT2D eigenvalue weighted by Crippen LogP contribution is 2.26. The Hall–Kier alpha value is -2.75.